The Hall–Kier alpha value is -1.06. The van der Waals surface area contributed by atoms with Gasteiger partial charge in [0.1, 0.15) is 12.4 Å². The lowest BCUT2D eigenvalue weighted by molar-refractivity contribution is -0.0271. The molecule has 1 unspecified atom stereocenters. The van der Waals surface area contributed by atoms with E-state index in [1.54, 1.807) is 6.92 Å². The second-order valence-electron chi connectivity index (χ2n) is 5.07. The zero-order valence-corrected chi connectivity index (χ0v) is 11.0. The van der Waals surface area contributed by atoms with Gasteiger partial charge in [-0.25, -0.2) is 0 Å². The molecule has 0 amide bonds. The molecule has 0 bridgehead atoms. The number of benzene rings is 1. The van der Waals surface area contributed by atoms with Crippen LogP contribution in [-0.2, 0) is 6.61 Å². The van der Waals surface area contributed by atoms with E-state index in [1.165, 1.54) is 0 Å². The van der Waals surface area contributed by atoms with E-state index in [-0.39, 0.29) is 19.1 Å². The Morgan fingerprint density at radius 1 is 1.35 bits per heavy atom. The fourth-order valence-electron chi connectivity index (χ4n) is 1.36. The van der Waals surface area contributed by atoms with Crippen molar-refractivity contribution in [1.82, 2.24) is 0 Å². The molecule has 2 N–H and O–H groups in total. The molecule has 0 radical (unpaired) electrons. The van der Waals surface area contributed by atoms with Crippen LogP contribution in [0.1, 0.15) is 31.9 Å². The minimum Gasteiger partial charge on any atom is -0.490 e. The van der Waals surface area contributed by atoms with Crippen molar-refractivity contribution in [2.75, 3.05) is 6.61 Å². The Kier molecular flexibility index (Phi) is 4.54. The van der Waals surface area contributed by atoms with Crippen molar-refractivity contribution in [2.45, 2.75) is 39.9 Å². The van der Waals surface area contributed by atoms with Crippen LogP contribution in [0.4, 0.5) is 0 Å². The number of hydrogen-bond donors (Lipinski definition) is 2. The van der Waals surface area contributed by atoms with Gasteiger partial charge in [-0.3, -0.25) is 0 Å². The van der Waals surface area contributed by atoms with Gasteiger partial charge >= 0.3 is 0 Å². The Labute approximate surface area is 103 Å². The molecular weight excluding hydrogens is 216 g/mol. The molecule has 0 saturated heterocycles. The van der Waals surface area contributed by atoms with Gasteiger partial charge in [-0.15, -0.1) is 0 Å². The summed E-state index contributed by atoms with van der Waals surface area (Å²) in [7, 11) is 0. The number of ether oxygens (including phenoxy) is 1. The predicted molar refractivity (Wildman–Crippen MR) is 68.1 cm³/mol. The molecule has 0 heterocycles. The molecule has 0 fully saturated rings. The highest BCUT2D eigenvalue weighted by atomic mass is 16.5. The molecular formula is C14H22O3. The summed E-state index contributed by atoms with van der Waals surface area (Å²) in [5.41, 5.74) is 0.971. The molecule has 0 saturated carbocycles. The smallest absolute Gasteiger partial charge is 0.124 e. The van der Waals surface area contributed by atoms with Crippen LogP contribution in [0.25, 0.3) is 0 Å². The van der Waals surface area contributed by atoms with E-state index < -0.39 is 5.60 Å². The molecule has 96 valence electrons. The van der Waals surface area contributed by atoms with Crippen LogP contribution < -0.4 is 4.74 Å². The lowest BCUT2D eigenvalue weighted by atomic mass is 9.94. The molecule has 1 aromatic carbocycles. The van der Waals surface area contributed by atoms with Crippen LogP contribution in [0.5, 0.6) is 5.75 Å². The molecule has 0 aliphatic rings. The quantitative estimate of drug-likeness (QED) is 0.827. The van der Waals surface area contributed by atoms with Crippen LogP contribution in [0.15, 0.2) is 18.2 Å². The average molecular weight is 238 g/mol. The second kappa shape index (κ2) is 5.52. The first-order valence-electron chi connectivity index (χ1n) is 5.92. The molecule has 0 aliphatic carbocycles. The maximum atomic E-state index is 10.1. The van der Waals surface area contributed by atoms with E-state index in [9.17, 15) is 10.2 Å². The number of aliphatic hydroxyl groups is 2. The van der Waals surface area contributed by atoms with Gasteiger partial charge in [-0.1, -0.05) is 31.5 Å². The maximum Gasteiger partial charge on any atom is 0.124 e. The van der Waals surface area contributed by atoms with Gasteiger partial charge in [0.25, 0.3) is 0 Å². The highest BCUT2D eigenvalue weighted by Crippen LogP contribution is 2.23. The monoisotopic (exact) mass is 238 g/mol. The van der Waals surface area contributed by atoms with E-state index in [4.69, 9.17) is 4.74 Å². The van der Waals surface area contributed by atoms with Crippen molar-refractivity contribution in [1.29, 1.82) is 0 Å². The van der Waals surface area contributed by atoms with Gasteiger partial charge in [-0.05, 0) is 25.8 Å². The van der Waals surface area contributed by atoms with E-state index in [1.807, 2.05) is 39.0 Å². The van der Waals surface area contributed by atoms with Gasteiger partial charge in [0.2, 0.25) is 0 Å². The summed E-state index contributed by atoms with van der Waals surface area (Å²) < 4.78 is 5.60. The Morgan fingerprint density at radius 2 is 2.00 bits per heavy atom. The van der Waals surface area contributed by atoms with Crippen molar-refractivity contribution in [3.8, 4) is 5.75 Å². The van der Waals surface area contributed by atoms with E-state index in [0.29, 0.717) is 5.75 Å². The van der Waals surface area contributed by atoms with E-state index in [0.717, 1.165) is 11.1 Å². The van der Waals surface area contributed by atoms with Crippen molar-refractivity contribution in [3.05, 3.63) is 29.3 Å². The van der Waals surface area contributed by atoms with E-state index >= 15 is 0 Å². The molecule has 1 aromatic rings. The zero-order chi connectivity index (χ0) is 13.1. The number of hydrogen-bond acceptors (Lipinski definition) is 3. The van der Waals surface area contributed by atoms with Crippen LogP contribution in [0, 0.1) is 12.8 Å². The summed E-state index contributed by atoms with van der Waals surface area (Å²) in [6, 6.07) is 5.65. The first kappa shape index (κ1) is 14.0. The normalized spacial score (nSPS) is 14.8. The van der Waals surface area contributed by atoms with E-state index in [2.05, 4.69) is 0 Å². The third-order valence-corrected chi connectivity index (χ3v) is 3.15. The van der Waals surface area contributed by atoms with Crippen LogP contribution in [-0.4, -0.2) is 22.4 Å². The average Bonchev–Trinajstić information content (AvgIpc) is 2.27. The van der Waals surface area contributed by atoms with Crippen molar-refractivity contribution < 1.29 is 14.9 Å². The maximum absolute atomic E-state index is 10.1. The van der Waals surface area contributed by atoms with Gasteiger partial charge in [0.15, 0.2) is 0 Å². The van der Waals surface area contributed by atoms with Crippen molar-refractivity contribution >= 4 is 0 Å². The topological polar surface area (TPSA) is 49.7 Å². The first-order chi connectivity index (χ1) is 7.86. The summed E-state index contributed by atoms with van der Waals surface area (Å²) >= 11 is 0. The minimum absolute atomic E-state index is 0.0547. The number of aryl methyl sites for hydroxylation is 1. The summed E-state index contributed by atoms with van der Waals surface area (Å²) in [6.45, 7) is 7.79. The molecule has 3 heteroatoms. The molecule has 0 aliphatic heterocycles. The molecule has 3 nitrogen and oxygen atoms in total. The molecule has 0 spiro atoms. The molecule has 1 rings (SSSR count). The third kappa shape index (κ3) is 3.72. The molecule has 0 aromatic heterocycles. The fourth-order valence-corrected chi connectivity index (χ4v) is 1.36. The predicted octanol–water partition coefficient (Wildman–Crippen LogP) is 2.27. The van der Waals surface area contributed by atoms with Crippen LogP contribution in [0.2, 0.25) is 0 Å². The first-order valence-corrected chi connectivity index (χ1v) is 5.92. The summed E-state index contributed by atoms with van der Waals surface area (Å²) in [4.78, 5) is 0. The summed E-state index contributed by atoms with van der Waals surface area (Å²) in [5, 5.41) is 19.3. The van der Waals surface area contributed by atoms with Crippen molar-refractivity contribution in [2.24, 2.45) is 5.92 Å². The second-order valence-corrected chi connectivity index (χ2v) is 5.07. The van der Waals surface area contributed by atoms with Crippen LogP contribution in [0.3, 0.4) is 0 Å². The number of rotatable bonds is 5. The molecule has 17 heavy (non-hydrogen) atoms. The lowest BCUT2D eigenvalue weighted by Crippen LogP contribution is -2.37. The Morgan fingerprint density at radius 3 is 2.53 bits per heavy atom. The minimum atomic E-state index is -0.863. The van der Waals surface area contributed by atoms with Gasteiger partial charge in [0.05, 0.1) is 12.2 Å². The zero-order valence-electron chi connectivity index (χ0n) is 11.0. The van der Waals surface area contributed by atoms with Gasteiger partial charge < -0.3 is 14.9 Å². The SMILES string of the molecule is Cc1ccc(OCC(C)(O)C(C)C)c(CO)c1. The fraction of sp³-hybridized carbons (Fsp3) is 0.571. The highest BCUT2D eigenvalue weighted by Gasteiger charge is 2.26. The van der Waals surface area contributed by atoms with Crippen LogP contribution >= 0.6 is 0 Å². The third-order valence-electron chi connectivity index (χ3n) is 3.15. The summed E-state index contributed by atoms with van der Waals surface area (Å²) in [6.07, 6.45) is 0. The number of aliphatic hydroxyl groups excluding tert-OH is 1. The summed E-state index contributed by atoms with van der Waals surface area (Å²) in [5.74, 6) is 0.754. The largest absolute Gasteiger partial charge is 0.490 e. The highest BCUT2D eigenvalue weighted by molar-refractivity contribution is 5.36. The lowest BCUT2D eigenvalue weighted by Gasteiger charge is -2.28. The Balaban J connectivity index is 2.76. The van der Waals surface area contributed by atoms with Crippen molar-refractivity contribution in [3.63, 3.8) is 0 Å². The Bertz CT molecular complexity index is 370. The van der Waals surface area contributed by atoms with Gasteiger partial charge in [-0.2, -0.15) is 0 Å². The molecule has 1 atom stereocenters. The van der Waals surface area contributed by atoms with Gasteiger partial charge in [0, 0.05) is 5.56 Å². The standard InChI is InChI=1S/C14H22O3/c1-10(2)14(4,16)9-17-13-6-5-11(3)7-12(13)8-15/h5-7,10,15-16H,8-9H2,1-4H3.